The Balaban J connectivity index is 1.89. The molecule has 0 spiro atoms. The standard InChI is InChI=1S/C22H33N5O4S2/c1-5-17(4)27-21(18-9-8-10-19(15-18)33(29,30)26(6-2)7-3)23-24-22(27)32-16-20(28)25-11-13-31-14-12-25/h8-10,15,17H,5-7,11-14,16H2,1-4H3. The molecule has 2 aromatic rings. The minimum absolute atomic E-state index is 0.0517. The maximum atomic E-state index is 13.0. The van der Waals surface area contributed by atoms with Crippen LogP contribution in [0.25, 0.3) is 11.4 Å². The van der Waals surface area contributed by atoms with E-state index in [-0.39, 0.29) is 22.6 Å². The number of nitrogens with zero attached hydrogens (tertiary/aromatic N) is 5. The first kappa shape index (κ1) is 25.7. The fourth-order valence-electron chi connectivity index (χ4n) is 3.69. The number of thioether (sulfide) groups is 1. The van der Waals surface area contributed by atoms with Crippen molar-refractivity contribution in [1.29, 1.82) is 0 Å². The largest absolute Gasteiger partial charge is 0.378 e. The van der Waals surface area contributed by atoms with E-state index in [0.717, 1.165) is 6.42 Å². The lowest BCUT2D eigenvalue weighted by molar-refractivity contribution is -0.132. The van der Waals surface area contributed by atoms with Gasteiger partial charge in [0.2, 0.25) is 15.9 Å². The molecular weight excluding hydrogens is 462 g/mol. The van der Waals surface area contributed by atoms with E-state index in [1.54, 1.807) is 18.2 Å². The van der Waals surface area contributed by atoms with Gasteiger partial charge in [-0.05, 0) is 25.5 Å². The second kappa shape index (κ2) is 11.5. The van der Waals surface area contributed by atoms with Crippen molar-refractivity contribution in [1.82, 2.24) is 24.0 Å². The van der Waals surface area contributed by atoms with Crippen LogP contribution in [-0.2, 0) is 19.6 Å². The summed E-state index contributed by atoms with van der Waals surface area (Å²) < 4.78 is 34.8. The number of sulfonamides is 1. The molecule has 1 amide bonds. The van der Waals surface area contributed by atoms with Crippen molar-refractivity contribution in [2.75, 3.05) is 45.1 Å². The Labute approximate surface area is 200 Å². The summed E-state index contributed by atoms with van der Waals surface area (Å²) in [5.41, 5.74) is 0.683. The summed E-state index contributed by atoms with van der Waals surface area (Å²) in [5, 5.41) is 9.40. The van der Waals surface area contributed by atoms with E-state index in [0.29, 0.717) is 55.9 Å². The van der Waals surface area contributed by atoms with Crippen LogP contribution < -0.4 is 0 Å². The first-order valence-electron chi connectivity index (χ1n) is 11.4. The molecule has 1 aromatic carbocycles. The zero-order chi connectivity index (χ0) is 24.0. The summed E-state index contributed by atoms with van der Waals surface area (Å²) in [7, 11) is -3.59. The number of rotatable bonds is 10. The minimum atomic E-state index is -3.59. The van der Waals surface area contributed by atoms with Gasteiger partial charge in [-0.2, -0.15) is 4.31 Å². The summed E-state index contributed by atoms with van der Waals surface area (Å²) in [6, 6.07) is 6.92. The maximum absolute atomic E-state index is 13.0. The van der Waals surface area contributed by atoms with Crippen LogP contribution >= 0.6 is 11.8 Å². The molecule has 1 aliphatic rings. The van der Waals surface area contributed by atoms with E-state index in [9.17, 15) is 13.2 Å². The van der Waals surface area contributed by atoms with Gasteiger partial charge in [0.1, 0.15) is 0 Å². The van der Waals surface area contributed by atoms with E-state index in [2.05, 4.69) is 24.0 Å². The molecule has 0 N–H and O–H groups in total. The second-order valence-corrected chi connectivity index (χ2v) is 10.7. The minimum Gasteiger partial charge on any atom is -0.378 e. The highest BCUT2D eigenvalue weighted by atomic mass is 32.2. The monoisotopic (exact) mass is 495 g/mol. The fourth-order valence-corrected chi connectivity index (χ4v) is 6.13. The number of carbonyl (C=O) groups excluding carboxylic acids is 1. The lowest BCUT2D eigenvalue weighted by Gasteiger charge is -2.26. The number of hydrogen-bond donors (Lipinski definition) is 0. The van der Waals surface area contributed by atoms with Gasteiger partial charge in [-0.1, -0.05) is 44.7 Å². The average Bonchev–Trinajstić information content (AvgIpc) is 3.27. The van der Waals surface area contributed by atoms with Crippen LogP contribution in [0.2, 0.25) is 0 Å². The van der Waals surface area contributed by atoms with Gasteiger partial charge in [0.15, 0.2) is 11.0 Å². The molecule has 1 saturated heterocycles. The number of morpholine rings is 1. The Kier molecular flexibility index (Phi) is 8.91. The summed E-state index contributed by atoms with van der Waals surface area (Å²) in [6.07, 6.45) is 0.841. The van der Waals surface area contributed by atoms with Gasteiger partial charge in [-0.15, -0.1) is 10.2 Å². The van der Waals surface area contributed by atoms with E-state index < -0.39 is 10.0 Å². The van der Waals surface area contributed by atoms with Crippen LogP contribution in [0.3, 0.4) is 0 Å². The zero-order valence-corrected chi connectivity index (χ0v) is 21.4. The number of hydrogen-bond acceptors (Lipinski definition) is 7. The average molecular weight is 496 g/mol. The molecule has 3 rings (SSSR count). The Morgan fingerprint density at radius 2 is 1.88 bits per heavy atom. The maximum Gasteiger partial charge on any atom is 0.243 e. The van der Waals surface area contributed by atoms with Crippen molar-refractivity contribution < 1.29 is 17.9 Å². The Bertz CT molecular complexity index is 1050. The summed E-state index contributed by atoms with van der Waals surface area (Å²) in [6.45, 7) is 11.0. The third-order valence-corrected chi connectivity index (χ3v) is 8.79. The van der Waals surface area contributed by atoms with Gasteiger partial charge < -0.3 is 9.64 Å². The van der Waals surface area contributed by atoms with Crippen molar-refractivity contribution in [3.63, 3.8) is 0 Å². The molecule has 0 aliphatic carbocycles. The molecular formula is C22H33N5O4S2. The van der Waals surface area contributed by atoms with E-state index in [4.69, 9.17) is 4.74 Å². The lowest BCUT2D eigenvalue weighted by Crippen LogP contribution is -2.41. The van der Waals surface area contributed by atoms with Gasteiger partial charge in [0, 0.05) is 37.8 Å². The van der Waals surface area contributed by atoms with E-state index in [1.165, 1.54) is 16.1 Å². The molecule has 1 aliphatic heterocycles. The zero-order valence-electron chi connectivity index (χ0n) is 19.7. The predicted octanol–water partition coefficient (Wildman–Crippen LogP) is 2.90. The van der Waals surface area contributed by atoms with E-state index >= 15 is 0 Å². The lowest BCUT2D eigenvalue weighted by atomic mass is 10.2. The van der Waals surface area contributed by atoms with Gasteiger partial charge in [-0.25, -0.2) is 8.42 Å². The molecule has 1 unspecified atom stereocenters. The fraction of sp³-hybridized carbons (Fsp3) is 0.591. The molecule has 1 fully saturated rings. The van der Waals surface area contributed by atoms with Gasteiger partial charge in [-0.3, -0.25) is 9.36 Å². The van der Waals surface area contributed by atoms with Crippen molar-refractivity contribution >= 4 is 27.7 Å². The Morgan fingerprint density at radius 3 is 2.52 bits per heavy atom. The Morgan fingerprint density at radius 1 is 1.18 bits per heavy atom. The summed E-state index contributed by atoms with van der Waals surface area (Å²) in [4.78, 5) is 14.6. The first-order chi connectivity index (χ1) is 15.8. The highest BCUT2D eigenvalue weighted by molar-refractivity contribution is 7.99. The molecule has 0 radical (unpaired) electrons. The third-order valence-electron chi connectivity index (χ3n) is 5.82. The molecule has 9 nitrogen and oxygen atoms in total. The number of benzene rings is 1. The molecule has 33 heavy (non-hydrogen) atoms. The van der Waals surface area contributed by atoms with Gasteiger partial charge in [0.25, 0.3) is 0 Å². The third kappa shape index (κ3) is 5.76. The number of ether oxygens (including phenoxy) is 1. The number of amides is 1. The molecule has 182 valence electrons. The molecule has 11 heteroatoms. The smallest absolute Gasteiger partial charge is 0.243 e. The van der Waals surface area contributed by atoms with Crippen molar-refractivity contribution in [2.45, 2.75) is 50.2 Å². The molecule has 2 heterocycles. The predicted molar refractivity (Wildman–Crippen MR) is 129 cm³/mol. The van der Waals surface area contributed by atoms with E-state index in [1.807, 2.05) is 29.4 Å². The van der Waals surface area contributed by atoms with Crippen LogP contribution in [-0.4, -0.2) is 83.4 Å². The molecule has 1 aromatic heterocycles. The van der Waals surface area contributed by atoms with Crippen LogP contribution in [0, 0.1) is 0 Å². The quantitative estimate of drug-likeness (QED) is 0.468. The topological polar surface area (TPSA) is 97.6 Å². The Hall–Kier alpha value is -1.95. The SMILES string of the molecule is CCC(C)n1c(SCC(=O)N2CCOCC2)nnc1-c1cccc(S(=O)(=O)N(CC)CC)c1. The molecule has 1 atom stereocenters. The van der Waals surface area contributed by atoms with Gasteiger partial charge >= 0.3 is 0 Å². The summed E-state index contributed by atoms with van der Waals surface area (Å²) >= 11 is 1.36. The number of aromatic nitrogens is 3. The van der Waals surface area contributed by atoms with Crippen molar-refractivity contribution in [3.05, 3.63) is 24.3 Å². The normalized spacial score (nSPS) is 15.7. The van der Waals surface area contributed by atoms with Crippen LogP contribution in [0.5, 0.6) is 0 Å². The molecule has 0 bridgehead atoms. The second-order valence-electron chi connectivity index (χ2n) is 7.83. The highest BCUT2D eigenvalue weighted by Crippen LogP contribution is 2.31. The highest BCUT2D eigenvalue weighted by Gasteiger charge is 2.25. The van der Waals surface area contributed by atoms with Crippen LogP contribution in [0.1, 0.15) is 40.2 Å². The number of carbonyl (C=O) groups is 1. The van der Waals surface area contributed by atoms with Crippen molar-refractivity contribution in [3.8, 4) is 11.4 Å². The van der Waals surface area contributed by atoms with Crippen LogP contribution in [0.15, 0.2) is 34.3 Å². The van der Waals surface area contributed by atoms with Crippen LogP contribution in [0.4, 0.5) is 0 Å². The van der Waals surface area contributed by atoms with Crippen molar-refractivity contribution in [2.24, 2.45) is 0 Å². The molecule has 0 saturated carbocycles. The first-order valence-corrected chi connectivity index (χ1v) is 13.8. The van der Waals surface area contributed by atoms with Gasteiger partial charge in [0.05, 0.1) is 23.9 Å². The summed E-state index contributed by atoms with van der Waals surface area (Å²) in [5.74, 6) is 0.920.